The molecule has 138 valence electrons. The molecule has 1 nitrogen and oxygen atoms in total. The highest BCUT2D eigenvalue weighted by Crippen LogP contribution is 2.32. The summed E-state index contributed by atoms with van der Waals surface area (Å²) in [5.41, 5.74) is 1.50. The molecule has 0 radical (unpaired) electrons. The third kappa shape index (κ3) is 8.38. The van der Waals surface area contributed by atoms with Crippen LogP contribution < -0.4 is 5.32 Å². The quantitative estimate of drug-likeness (QED) is 0.366. The molecule has 5 unspecified atom stereocenters. The molecule has 0 aromatic carbocycles. The van der Waals surface area contributed by atoms with Crippen molar-refractivity contribution in [2.24, 2.45) is 23.7 Å². The van der Waals surface area contributed by atoms with Crippen LogP contribution >= 0.6 is 0 Å². The molecular weight excluding hydrogens is 278 g/mol. The van der Waals surface area contributed by atoms with E-state index in [2.05, 4.69) is 66.9 Å². The van der Waals surface area contributed by atoms with Crippen molar-refractivity contribution in [2.45, 2.75) is 99.5 Å². The Hall–Kier alpha value is -0.300. The Bertz CT molecular complexity index is 307. The summed E-state index contributed by atoms with van der Waals surface area (Å²) in [6, 6.07) is 0.550. The molecule has 0 heterocycles. The molecule has 1 N–H and O–H groups in total. The molecule has 0 spiro atoms. The minimum atomic E-state index is 0.550. The number of allylic oxidation sites excluding steroid dienone is 1. The van der Waals surface area contributed by atoms with E-state index in [1.807, 2.05) is 0 Å². The fourth-order valence-corrected chi connectivity index (χ4v) is 4.05. The number of hydrogen-bond acceptors (Lipinski definition) is 1. The van der Waals surface area contributed by atoms with Gasteiger partial charge in [0.05, 0.1) is 0 Å². The SMILES string of the molecule is CC=C(C)C(NC)C(CC)CC(CC)CC(CC)CC(C)CC. The van der Waals surface area contributed by atoms with E-state index in [0.29, 0.717) is 6.04 Å². The van der Waals surface area contributed by atoms with Crippen molar-refractivity contribution < 1.29 is 0 Å². The first-order valence-electron chi connectivity index (χ1n) is 10.3. The summed E-state index contributed by atoms with van der Waals surface area (Å²) in [7, 11) is 2.12. The fraction of sp³-hybridized carbons (Fsp3) is 0.909. The van der Waals surface area contributed by atoms with Crippen molar-refractivity contribution >= 4 is 0 Å². The van der Waals surface area contributed by atoms with Gasteiger partial charge >= 0.3 is 0 Å². The predicted octanol–water partition coefficient (Wildman–Crippen LogP) is 6.84. The summed E-state index contributed by atoms with van der Waals surface area (Å²) < 4.78 is 0. The van der Waals surface area contributed by atoms with Crippen LogP contribution in [-0.4, -0.2) is 13.1 Å². The van der Waals surface area contributed by atoms with E-state index < -0.39 is 0 Å². The molecule has 0 aliphatic rings. The summed E-state index contributed by atoms with van der Waals surface area (Å²) in [6.07, 6.45) is 11.8. The van der Waals surface area contributed by atoms with Crippen LogP contribution in [-0.2, 0) is 0 Å². The van der Waals surface area contributed by atoms with Gasteiger partial charge in [-0.25, -0.2) is 0 Å². The van der Waals surface area contributed by atoms with Gasteiger partial charge in [0.1, 0.15) is 0 Å². The normalized spacial score (nSPS) is 19.2. The Morgan fingerprint density at radius 2 is 1.43 bits per heavy atom. The van der Waals surface area contributed by atoms with Crippen LogP contribution in [0.25, 0.3) is 0 Å². The average Bonchev–Trinajstić information content (AvgIpc) is 2.58. The maximum Gasteiger partial charge on any atom is 0.0302 e. The lowest BCUT2D eigenvalue weighted by Crippen LogP contribution is -2.35. The molecule has 1 heteroatoms. The Balaban J connectivity index is 4.80. The first-order chi connectivity index (χ1) is 11.0. The van der Waals surface area contributed by atoms with Crippen LogP contribution in [0.3, 0.4) is 0 Å². The van der Waals surface area contributed by atoms with Crippen molar-refractivity contribution in [3.05, 3.63) is 11.6 Å². The van der Waals surface area contributed by atoms with E-state index in [-0.39, 0.29) is 0 Å². The van der Waals surface area contributed by atoms with E-state index in [0.717, 1.165) is 23.7 Å². The van der Waals surface area contributed by atoms with E-state index in [4.69, 9.17) is 0 Å². The van der Waals surface area contributed by atoms with Gasteiger partial charge in [-0.2, -0.15) is 0 Å². The molecule has 0 aromatic heterocycles. The summed E-state index contributed by atoms with van der Waals surface area (Å²) >= 11 is 0. The number of likely N-dealkylation sites (N-methyl/N-ethyl adjacent to an activating group) is 1. The molecule has 0 aliphatic heterocycles. The van der Waals surface area contributed by atoms with Crippen LogP contribution in [0, 0.1) is 23.7 Å². The predicted molar refractivity (Wildman–Crippen MR) is 107 cm³/mol. The standard InChI is InChI=1S/C22H45N/c1-9-17(6)14-19(11-3)15-20(12-4)16-21(13-5)22(23-8)18(7)10-2/h10,17,19-23H,9,11-16H2,1-8H3. The lowest BCUT2D eigenvalue weighted by molar-refractivity contribution is 0.241. The third-order valence-corrected chi connectivity index (χ3v) is 6.14. The second kappa shape index (κ2) is 13.0. The van der Waals surface area contributed by atoms with E-state index in [1.54, 1.807) is 0 Å². The maximum atomic E-state index is 3.57. The van der Waals surface area contributed by atoms with Crippen molar-refractivity contribution in [3.8, 4) is 0 Å². The number of hydrogen-bond donors (Lipinski definition) is 1. The van der Waals surface area contributed by atoms with Gasteiger partial charge in [-0.3, -0.25) is 0 Å². The molecule has 0 bridgehead atoms. The van der Waals surface area contributed by atoms with Crippen LogP contribution in [0.5, 0.6) is 0 Å². The highest BCUT2D eigenvalue weighted by Gasteiger charge is 2.24. The molecule has 0 saturated heterocycles. The molecule has 0 aliphatic carbocycles. The maximum absolute atomic E-state index is 3.57. The molecule has 23 heavy (non-hydrogen) atoms. The van der Waals surface area contributed by atoms with Gasteiger partial charge < -0.3 is 5.32 Å². The minimum absolute atomic E-state index is 0.550. The topological polar surface area (TPSA) is 12.0 Å². The van der Waals surface area contributed by atoms with Gasteiger partial charge in [-0.1, -0.05) is 72.0 Å². The summed E-state index contributed by atoms with van der Waals surface area (Å²) in [5, 5.41) is 3.57. The summed E-state index contributed by atoms with van der Waals surface area (Å²) in [5.74, 6) is 3.45. The Morgan fingerprint density at radius 1 is 0.870 bits per heavy atom. The van der Waals surface area contributed by atoms with E-state index >= 15 is 0 Å². The molecule has 0 aromatic rings. The van der Waals surface area contributed by atoms with Crippen molar-refractivity contribution in [1.29, 1.82) is 0 Å². The highest BCUT2D eigenvalue weighted by atomic mass is 14.9. The van der Waals surface area contributed by atoms with E-state index in [1.165, 1.54) is 50.5 Å². The summed E-state index contributed by atoms with van der Waals surface area (Å²) in [4.78, 5) is 0. The molecule has 0 saturated carbocycles. The Labute approximate surface area is 147 Å². The second-order valence-electron chi connectivity index (χ2n) is 7.74. The van der Waals surface area contributed by atoms with Gasteiger partial charge in [0.15, 0.2) is 0 Å². The zero-order valence-corrected chi connectivity index (χ0v) is 17.4. The third-order valence-electron chi connectivity index (χ3n) is 6.14. The fourth-order valence-electron chi connectivity index (χ4n) is 4.05. The lowest BCUT2D eigenvalue weighted by Gasteiger charge is -2.32. The van der Waals surface area contributed by atoms with Crippen LogP contribution in [0.1, 0.15) is 93.4 Å². The van der Waals surface area contributed by atoms with Crippen LogP contribution in [0.15, 0.2) is 11.6 Å². The van der Waals surface area contributed by atoms with Gasteiger partial charge in [-0.05, 0) is 63.8 Å². The lowest BCUT2D eigenvalue weighted by atomic mass is 9.77. The Kier molecular flexibility index (Phi) is 12.9. The highest BCUT2D eigenvalue weighted by molar-refractivity contribution is 5.08. The first-order valence-corrected chi connectivity index (χ1v) is 10.3. The van der Waals surface area contributed by atoms with Gasteiger partial charge in [0.2, 0.25) is 0 Å². The summed E-state index contributed by atoms with van der Waals surface area (Å²) in [6.45, 7) is 16.3. The van der Waals surface area contributed by atoms with E-state index in [9.17, 15) is 0 Å². The molecule has 0 fully saturated rings. The zero-order chi connectivity index (χ0) is 17.8. The smallest absolute Gasteiger partial charge is 0.0302 e. The van der Waals surface area contributed by atoms with Crippen molar-refractivity contribution in [1.82, 2.24) is 5.32 Å². The van der Waals surface area contributed by atoms with Crippen LogP contribution in [0.4, 0.5) is 0 Å². The first kappa shape index (κ1) is 22.7. The molecule has 0 amide bonds. The largest absolute Gasteiger partial charge is 0.313 e. The monoisotopic (exact) mass is 323 g/mol. The second-order valence-corrected chi connectivity index (χ2v) is 7.74. The van der Waals surface area contributed by atoms with Gasteiger partial charge in [-0.15, -0.1) is 0 Å². The molecular formula is C22H45N. The van der Waals surface area contributed by atoms with Crippen molar-refractivity contribution in [2.75, 3.05) is 7.05 Å². The number of nitrogens with one attached hydrogen (secondary N) is 1. The average molecular weight is 324 g/mol. The van der Waals surface area contributed by atoms with Crippen LogP contribution in [0.2, 0.25) is 0 Å². The minimum Gasteiger partial charge on any atom is -0.313 e. The number of rotatable bonds is 13. The Morgan fingerprint density at radius 3 is 1.83 bits per heavy atom. The molecule has 5 atom stereocenters. The van der Waals surface area contributed by atoms with Gasteiger partial charge in [0, 0.05) is 6.04 Å². The van der Waals surface area contributed by atoms with Gasteiger partial charge in [0.25, 0.3) is 0 Å². The molecule has 0 rings (SSSR count). The van der Waals surface area contributed by atoms with Crippen molar-refractivity contribution in [3.63, 3.8) is 0 Å². The zero-order valence-electron chi connectivity index (χ0n) is 17.4.